The first-order valence-corrected chi connectivity index (χ1v) is 10.2. The van der Waals surface area contributed by atoms with Gasteiger partial charge in [-0.3, -0.25) is 0 Å². The molecule has 0 aliphatic rings. The number of hydrogen-bond acceptors (Lipinski definition) is 7. The summed E-state index contributed by atoms with van der Waals surface area (Å²) >= 11 is 0. The summed E-state index contributed by atoms with van der Waals surface area (Å²) in [6.07, 6.45) is 1.38. The van der Waals surface area contributed by atoms with E-state index in [-0.39, 0.29) is 18.4 Å². The number of H-pyrrole nitrogens is 1. The fourth-order valence-electron chi connectivity index (χ4n) is 3.63. The Morgan fingerprint density at radius 3 is 2.62 bits per heavy atom. The molecule has 0 atom stereocenters. The predicted octanol–water partition coefficient (Wildman–Crippen LogP) is 4.81. The largest absolute Gasteiger partial charge is 0.493 e. The van der Waals surface area contributed by atoms with Gasteiger partial charge in [0.05, 0.1) is 31.5 Å². The van der Waals surface area contributed by atoms with Gasteiger partial charge in [0.15, 0.2) is 17.2 Å². The van der Waals surface area contributed by atoms with Crippen molar-refractivity contribution in [2.75, 3.05) is 20.0 Å². The molecule has 4 aromatic rings. The predicted molar refractivity (Wildman–Crippen MR) is 122 cm³/mol. The summed E-state index contributed by atoms with van der Waals surface area (Å²) in [5.74, 6) is 1.20. The van der Waals surface area contributed by atoms with Crippen molar-refractivity contribution in [2.45, 2.75) is 26.6 Å². The van der Waals surface area contributed by atoms with Gasteiger partial charge in [-0.15, -0.1) is 0 Å². The monoisotopic (exact) mass is 435 g/mol. The molecule has 2 aromatic carbocycles. The van der Waals surface area contributed by atoms with Crippen molar-refractivity contribution in [1.29, 1.82) is 0 Å². The summed E-state index contributed by atoms with van der Waals surface area (Å²) in [7, 11) is 3.14. The minimum absolute atomic E-state index is 0.205. The van der Waals surface area contributed by atoms with Gasteiger partial charge in [-0.25, -0.2) is 9.78 Å². The molecule has 4 rings (SSSR count). The Hall–Kier alpha value is -3.78. The number of fused-ring (bicyclic) bond motifs is 3. The van der Waals surface area contributed by atoms with Crippen LogP contribution in [0.2, 0.25) is 0 Å². The number of aromatic amines is 1. The maximum atomic E-state index is 12.7. The second-order valence-electron chi connectivity index (χ2n) is 7.61. The minimum Gasteiger partial charge on any atom is -0.493 e. The number of benzene rings is 2. The van der Waals surface area contributed by atoms with Crippen LogP contribution >= 0.6 is 0 Å². The summed E-state index contributed by atoms with van der Waals surface area (Å²) in [6.45, 7) is 3.80. The van der Waals surface area contributed by atoms with E-state index in [4.69, 9.17) is 24.7 Å². The average Bonchev–Trinajstić information content (AvgIpc) is 3.13. The molecule has 8 nitrogen and oxygen atoms in total. The van der Waals surface area contributed by atoms with Crippen molar-refractivity contribution in [3.05, 3.63) is 53.9 Å². The van der Waals surface area contributed by atoms with E-state index in [1.54, 1.807) is 52.5 Å². The zero-order valence-corrected chi connectivity index (χ0v) is 18.4. The minimum atomic E-state index is -0.484. The number of nitrogens with zero attached hydrogens (tertiary/aromatic N) is 1. The van der Waals surface area contributed by atoms with Crippen LogP contribution in [0.3, 0.4) is 0 Å². The molecule has 0 fully saturated rings. The summed E-state index contributed by atoms with van der Waals surface area (Å²) in [4.78, 5) is 20.3. The number of esters is 1. The lowest BCUT2D eigenvalue weighted by atomic mass is 10.1. The Labute approximate surface area is 185 Å². The topological polar surface area (TPSA) is 109 Å². The average molecular weight is 435 g/mol. The Morgan fingerprint density at radius 2 is 1.91 bits per heavy atom. The highest BCUT2D eigenvalue weighted by atomic mass is 16.5. The normalized spacial score (nSPS) is 11.3. The van der Waals surface area contributed by atoms with Crippen LogP contribution in [0.15, 0.2) is 42.6 Å². The third-order valence-corrected chi connectivity index (χ3v) is 4.95. The van der Waals surface area contributed by atoms with E-state index in [0.29, 0.717) is 28.5 Å². The van der Waals surface area contributed by atoms with E-state index < -0.39 is 5.97 Å². The molecule has 0 bridgehead atoms. The molecule has 2 aromatic heterocycles. The first-order chi connectivity index (χ1) is 15.4. The molecule has 0 aliphatic heterocycles. The van der Waals surface area contributed by atoms with Gasteiger partial charge in [0.25, 0.3) is 0 Å². The van der Waals surface area contributed by atoms with Crippen molar-refractivity contribution in [2.24, 2.45) is 0 Å². The number of carbonyl (C=O) groups is 1. The van der Waals surface area contributed by atoms with E-state index >= 15 is 0 Å². The molecule has 0 saturated heterocycles. The molecular formula is C24H25N3O5. The van der Waals surface area contributed by atoms with Gasteiger partial charge in [0.1, 0.15) is 5.75 Å². The maximum absolute atomic E-state index is 12.7. The van der Waals surface area contributed by atoms with Crippen molar-refractivity contribution in [1.82, 2.24) is 9.97 Å². The van der Waals surface area contributed by atoms with Crippen LogP contribution in [-0.4, -0.2) is 36.3 Å². The molecule has 8 heteroatoms. The summed E-state index contributed by atoms with van der Waals surface area (Å²) in [5.41, 5.74) is 8.98. The van der Waals surface area contributed by atoms with Gasteiger partial charge >= 0.3 is 5.97 Å². The molecular weight excluding hydrogens is 410 g/mol. The SMILES string of the molecule is COCc1c(C(=O)OC(C)C)ncc2[nH]c3ccc(Oc4ccc(N)cc4OC)cc3c12. The fourth-order valence-corrected chi connectivity index (χ4v) is 3.63. The molecule has 2 heterocycles. The van der Waals surface area contributed by atoms with Crippen LogP contribution in [0.25, 0.3) is 21.8 Å². The van der Waals surface area contributed by atoms with Crippen LogP contribution in [0.1, 0.15) is 29.9 Å². The van der Waals surface area contributed by atoms with Crippen molar-refractivity contribution >= 4 is 33.5 Å². The van der Waals surface area contributed by atoms with Crippen molar-refractivity contribution in [3.8, 4) is 17.2 Å². The smallest absolute Gasteiger partial charge is 0.357 e. The van der Waals surface area contributed by atoms with Gasteiger partial charge < -0.3 is 29.7 Å². The number of aromatic nitrogens is 2. The van der Waals surface area contributed by atoms with E-state index in [1.165, 1.54) is 0 Å². The molecule has 0 unspecified atom stereocenters. The van der Waals surface area contributed by atoms with Crippen molar-refractivity contribution < 1.29 is 23.7 Å². The highest BCUT2D eigenvalue weighted by Crippen LogP contribution is 2.37. The zero-order chi connectivity index (χ0) is 22.8. The molecule has 0 radical (unpaired) electrons. The number of carbonyl (C=O) groups excluding carboxylic acids is 1. The molecule has 0 amide bonds. The fraction of sp³-hybridized carbons (Fsp3) is 0.250. The van der Waals surface area contributed by atoms with Crippen LogP contribution in [0.5, 0.6) is 17.2 Å². The second kappa shape index (κ2) is 8.76. The highest BCUT2D eigenvalue weighted by molar-refractivity contribution is 6.11. The molecule has 0 spiro atoms. The summed E-state index contributed by atoms with van der Waals surface area (Å²) < 4.78 is 22.2. The Balaban J connectivity index is 1.84. The molecule has 0 saturated carbocycles. The number of nitrogens with two attached hydrogens (primary N) is 1. The maximum Gasteiger partial charge on any atom is 0.357 e. The van der Waals surface area contributed by atoms with E-state index in [0.717, 1.165) is 21.8 Å². The van der Waals surface area contributed by atoms with E-state index in [1.807, 2.05) is 18.2 Å². The van der Waals surface area contributed by atoms with Crippen LogP contribution in [0, 0.1) is 0 Å². The Kier molecular flexibility index (Phi) is 5.87. The van der Waals surface area contributed by atoms with Gasteiger partial charge in [-0.05, 0) is 44.2 Å². The number of hydrogen-bond donors (Lipinski definition) is 2. The number of rotatable bonds is 7. The standard InChI is InChI=1S/C24H25N3O5/c1-13(2)31-24(28)23-17(12-29-3)22-16-10-15(6-7-18(16)27-19(22)11-26-23)32-20-8-5-14(25)9-21(20)30-4/h5-11,13,27H,12,25H2,1-4H3. The first-order valence-electron chi connectivity index (χ1n) is 10.2. The number of pyridine rings is 1. The lowest BCUT2D eigenvalue weighted by Gasteiger charge is -2.12. The molecule has 32 heavy (non-hydrogen) atoms. The van der Waals surface area contributed by atoms with Gasteiger partial charge in [0, 0.05) is 40.7 Å². The van der Waals surface area contributed by atoms with Crippen LogP contribution in [-0.2, 0) is 16.1 Å². The second-order valence-corrected chi connectivity index (χ2v) is 7.61. The summed E-state index contributed by atoms with van der Waals surface area (Å²) in [5, 5.41) is 1.71. The third kappa shape index (κ3) is 4.04. The zero-order valence-electron chi connectivity index (χ0n) is 18.4. The first kappa shape index (κ1) is 21.5. The van der Waals surface area contributed by atoms with E-state index in [2.05, 4.69) is 9.97 Å². The highest BCUT2D eigenvalue weighted by Gasteiger charge is 2.21. The number of nitrogens with one attached hydrogen (secondary N) is 1. The number of anilines is 1. The quantitative estimate of drug-likeness (QED) is 0.317. The summed E-state index contributed by atoms with van der Waals surface area (Å²) in [6, 6.07) is 10.9. The van der Waals surface area contributed by atoms with Gasteiger partial charge in [-0.2, -0.15) is 0 Å². The van der Waals surface area contributed by atoms with Gasteiger partial charge in [0.2, 0.25) is 0 Å². The lowest BCUT2D eigenvalue weighted by Crippen LogP contribution is -2.15. The van der Waals surface area contributed by atoms with Crippen molar-refractivity contribution in [3.63, 3.8) is 0 Å². The lowest BCUT2D eigenvalue weighted by molar-refractivity contribution is 0.0366. The Bertz CT molecular complexity index is 1300. The number of methoxy groups -OCH3 is 2. The van der Waals surface area contributed by atoms with Crippen LogP contribution in [0.4, 0.5) is 5.69 Å². The Morgan fingerprint density at radius 1 is 1.09 bits per heavy atom. The van der Waals surface area contributed by atoms with Gasteiger partial charge in [-0.1, -0.05) is 0 Å². The molecule has 166 valence electrons. The molecule has 0 aliphatic carbocycles. The van der Waals surface area contributed by atoms with Crippen LogP contribution < -0.4 is 15.2 Å². The number of nitrogen functional groups attached to an aromatic ring is 1. The molecule has 3 N–H and O–H groups in total. The third-order valence-electron chi connectivity index (χ3n) is 4.95. The van der Waals surface area contributed by atoms with E-state index in [9.17, 15) is 4.79 Å². The number of ether oxygens (including phenoxy) is 4.